The second kappa shape index (κ2) is 5.70. The minimum Gasteiger partial charge on any atom is -0.497 e. The molecule has 0 saturated heterocycles. The number of nitrogens with zero attached hydrogens (tertiary/aromatic N) is 1. The Morgan fingerprint density at radius 1 is 1.35 bits per heavy atom. The first-order valence-corrected chi connectivity index (χ1v) is 6.76. The first-order valence-electron chi connectivity index (χ1n) is 5.81. The number of ether oxygens (including phenoxy) is 1. The third-order valence-corrected chi connectivity index (χ3v) is 3.40. The van der Waals surface area contributed by atoms with Crippen LogP contribution in [0.3, 0.4) is 0 Å². The van der Waals surface area contributed by atoms with Crippen molar-refractivity contribution in [2.24, 2.45) is 0 Å². The highest BCUT2D eigenvalue weighted by molar-refractivity contribution is 7.07. The highest BCUT2D eigenvalue weighted by Gasteiger charge is 2.34. The topological polar surface area (TPSA) is 34.1 Å². The van der Waals surface area contributed by atoms with Gasteiger partial charge < -0.3 is 10.1 Å². The van der Waals surface area contributed by atoms with Crippen molar-refractivity contribution in [3.8, 4) is 5.75 Å². The van der Waals surface area contributed by atoms with E-state index in [9.17, 15) is 13.2 Å². The lowest BCUT2D eigenvalue weighted by molar-refractivity contribution is -0.137. The number of alkyl halides is 3. The van der Waals surface area contributed by atoms with Crippen molar-refractivity contribution in [3.05, 3.63) is 40.3 Å². The lowest BCUT2D eigenvalue weighted by Gasteiger charge is -2.19. The Morgan fingerprint density at radius 3 is 2.65 bits per heavy atom. The summed E-state index contributed by atoms with van der Waals surface area (Å²) in [5, 5.41) is 4.64. The average Bonchev–Trinajstić information content (AvgIpc) is 2.91. The van der Waals surface area contributed by atoms with Gasteiger partial charge in [-0.15, -0.1) is 11.3 Å². The van der Waals surface area contributed by atoms with Crippen molar-refractivity contribution in [2.75, 3.05) is 12.4 Å². The zero-order valence-corrected chi connectivity index (χ0v) is 11.7. The Bertz CT molecular complexity index is 569. The summed E-state index contributed by atoms with van der Waals surface area (Å²) >= 11 is 1.40. The van der Waals surface area contributed by atoms with E-state index in [0.717, 1.165) is 6.07 Å². The van der Waals surface area contributed by atoms with Crippen molar-refractivity contribution in [2.45, 2.75) is 19.1 Å². The Hall–Kier alpha value is -1.76. The molecule has 0 aliphatic carbocycles. The summed E-state index contributed by atoms with van der Waals surface area (Å²) in [6.07, 6.45) is -4.45. The van der Waals surface area contributed by atoms with E-state index in [4.69, 9.17) is 4.74 Å². The van der Waals surface area contributed by atoms with Crippen molar-refractivity contribution < 1.29 is 17.9 Å². The molecule has 0 aliphatic heterocycles. The van der Waals surface area contributed by atoms with Crippen molar-refractivity contribution in [1.82, 2.24) is 4.98 Å². The summed E-state index contributed by atoms with van der Waals surface area (Å²) < 4.78 is 44.0. The fourth-order valence-electron chi connectivity index (χ4n) is 1.75. The summed E-state index contributed by atoms with van der Waals surface area (Å²) in [5.41, 5.74) is 1.61. The molecule has 0 fully saturated rings. The molecule has 1 atom stereocenters. The summed E-state index contributed by atoms with van der Waals surface area (Å²) in [6, 6.07) is 3.53. The standard InChI is InChI=1S/C13H13F3N2OS/c1-8(12-6-20-7-17-12)18-11-4-3-9(19-2)5-10(11)13(14,15)16/h3-8,18H,1-2H3. The number of methoxy groups -OCH3 is 1. The Kier molecular flexibility index (Phi) is 4.17. The van der Waals surface area contributed by atoms with Gasteiger partial charge in [0.15, 0.2) is 0 Å². The molecule has 0 aliphatic rings. The number of rotatable bonds is 4. The minimum absolute atomic E-state index is 0.0128. The van der Waals surface area contributed by atoms with Crippen molar-refractivity contribution in [3.63, 3.8) is 0 Å². The molecule has 1 unspecified atom stereocenters. The van der Waals surface area contributed by atoms with E-state index in [1.807, 2.05) is 0 Å². The van der Waals surface area contributed by atoms with Gasteiger partial charge in [0, 0.05) is 11.1 Å². The molecular weight excluding hydrogens is 289 g/mol. The van der Waals surface area contributed by atoms with Crippen LogP contribution in [0, 0.1) is 0 Å². The van der Waals surface area contributed by atoms with E-state index < -0.39 is 11.7 Å². The third kappa shape index (κ3) is 3.22. The lowest BCUT2D eigenvalue weighted by atomic mass is 10.1. The van der Waals surface area contributed by atoms with Gasteiger partial charge in [-0.05, 0) is 25.1 Å². The highest BCUT2D eigenvalue weighted by Crippen LogP contribution is 2.38. The Labute approximate surface area is 118 Å². The maximum atomic E-state index is 13.0. The second-order valence-corrected chi connectivity index (χ2v) is 4.91. The van der Waals surface area contributed by atoms with Gasteiger partial charge in [-0.25, -0.2) is 4.98 Å². The van der Waals surface area contributed by atoms with Crippen LogP contribution in [0.25, 0.3) is 0 Å². The van der Waals surface area contributed by atoms with Crippen LogP contribution < -0.4 is 10.1 Å². The number of aromatic nitrogens is 1. The highest BCUT2D eigenvalue weighted by atomic mass is 32.1. The van der Waals surface area contributed by atoms with E-state index in [-0.39, 0.29) is 17.5 Å². The average molecular weight is 302 g/mol. The number of thiazole rings is 1. The fraction of sp³-hybridized carbons (Fsp3) is 0.308. The molecule has 0 spiro atoms. The molecule has 3 nitrogen and oxygen atoms in total. The zero-order chi connectivity index (χ0) is 14.8. The molecular formula is C13H13F3N2OS. The minimum atomic E-state index is -4.45. The molecule has 1 N–H and O–H groups in total. The number of hydrogen-bond donors (Lipinski definition) is 1. The van der Waals surface area contributed by atoms with E-state index in [1.54, 1.807) is 17.8 Å². The van der Waals surface area contributed by atoms with Gasteiger partial charge in [-0.3, -0.25) is 0 Å². The molecule has 1 aromatic carbocycles. The van der Waals surface area contributed by atoms with Crippen LogP contribution in [0.15, 0.2) is 29.1 Å². The van der Waals surface area contributed by atoms with Crippen LogP contribution >= 0.6 is 11.3 Å². The molecule has 2 aromatic rings. The predicted octanol–water partition coefficient (Wildman–Crippen LogP) is 4.34. The zero-order valence-electron chi connectivity index (χ0n) is 10.9. The number of benzene rings is 1. The first-order chi connectivity index (χ1) is 9.41. The first kappa shape index (κ1) is 14.6. The van der Waals surface area contributed by atoms with Crippen LogP contribution in [-0.2, 0) is 6.18 Å². The quantitative estimate of drug-likeness (QED) is 0.912. The van der Waals surface area contributed by atoms with Crippen molar-refractivity contribution in [1.29, 1.82) is 0 Å². The smallest absolute Gasteiger partial charge is 0.418 e. The van der Waals surface area contributed by atoms with Gasteiger partial charge in [-0.2, -0.15) is 13.2 Å². The molecule has 0 radical (unpaired) electrons. The number of halogens is 3. The monoisotopic (exact) mass is 302 g/mol. The van der Waals surface area contributed by atoms with E-state index >= 15 is 0 Å². The molecule has 7 heteroatoms. The van der Waals surface area contributed by atoms with E-state index in [0.29, 0.717) is 5.69 Å². The van der Waals surface area contributed by atoms with Gasteiger partial charge in [0.1, 0.15) is 5.75 Å². The maximum Gasteiger partial charge on any atom is 0.418 e. The van der Waals surface area contributed by atoms with Gasteiger partial charge >= 0.3 is 6.18 Å². The SMILES string of the molecule is COc1ccc(NC(C)c2cscn2)c(C(F)(F)F)c1. The van der Waals surface area contributed by atoms with Gasteiger partial charge in [0.05, 0.1) is 29.9 Å². The summed E-state index contributed by atoms with van der Waals surface area (Å²) in [5.74, 6) is 0.171. The van der Waals surface area contributed by atoms with Gasteiger partial charge in [0.2, 0.25) is 0 Å². The number of anilines is 1. The van der Waals surface area contributed by atoms with Gasteiger partial charge in [-0.1, -0.05) is 0 Å². The number of nitrogens with one attached hydrogen (secondary N) is 1. The number of hydrogen-bond acceptors (Lipinski definition) is 4. The fourth-order valence-corrected chi connectivity index (χ4v) is 2.40. The molecule has 0 bridgehead atoms. The summed E-state index contributed by atoms with van der Waals surface area (Å²) in [4.78, 5) is 4.09. The second-order valence-electron chi connectivity index (χ2n) is 4.19. The van der Waals surface area contributed by atoms with Crippen LogP contribution in [0.5, 0.6) is 5.75 Å². The third-order valence-electron chi connectivity index (χ3n) is 2.80. The summed E-state index contributed by atoms with van der Waals surface area (Å²) in [6.45, 7) is 1.76. The molecule has 0 amide bonds. The van der Waals surface area contributed by atoms with Crippen LogP contribution in [0.1, 0.15) is 24.2 Å². The lowest BCUT2D eigenvalue weighted by Crippen LogP contribution is -2.14. The van der Waals surface area contributed by atoms with Crippen LogP contribution in [0.4, 0.5) is 18.9 Å². The Balaban J connectivity index is 2.31. The maximum absolute atomic E-state index is 13.0. The van der Waals surface area contributed by atoms with E-state index in [1.165, 1.54) is 30.6 Å². The van der Waals surface area contributed by atoms with Gasteiger partial charge in [0.25, 0.3) is 0 Å². The molecule has 2 rings (SSSR count). The van der Waals surface area contributed by atoms with Crippen LogP contribution in [-0.4, -0.2) is 12.1 Å². The molecule has 1 aromatic heterocycles. The molecule has 20 heavy (non-hydrogen) atoms. The van der Waals surface area contributed by atoms with E-state index in [2.05, 4.69) is 10.3 Å². The molecule has 1 heterocycles. The predicted molar refractivity (Wildman–Crippen MR) is 72.1 cm³/mol. The Morgan fingerprint density at radius 2 is 2.10 bits per heavy atom. The van der Waals surface area contributed by atoms with Crippen molar-refractivity contribution >= 4 is 17.0 Å². The molecule has 108 valence electrons. The largest absolute Gasteiger partial charge is 0.497 e. The summed E-state index contributed by atoms with van der Waals surface area (Å²) in [7, 11) is 1.33. The molecule has 0 saturated carbocycles. The normalized spacial score (nSPS) is 13.1. The van der Waals surface area contributed by atoms with Crippen LogP contribution in [0.2, 0.25) is 0 Å².